The molecule has 1 aliphatic rings. The van der Waals surface area contributed by atoms with Gasteiger partial charge in [0.05, 0.1) is 17.4 Å². The van der Waals surface area contributed by atoms with Crippen molar-refractivity contribution in [1.82, 2.24) is 4.90 Å². The summed E-state index contributed by atoms with van der Waals surface area (Å²) < 4.78 is 4.10. The first-order valence-corrected chi connectivity index (χ1v) is 5.71. The van der Waals surface area contributed by atoms with E-state index in [9.17, 15) is 9.59 Å². The standard InChI is InChI=1S/C10H16BrNO3/c1-10(2,11)9(14)12-5-4-7(6-12)8(13)15-3/h7H,4-6H2,1-3H3. The monoisotopic (exact) mass is 277 g/mol. The molecule has 15 heavy (non-hydrogen) atoms. The number of nitrogens with zero attached hydrogens (tertiary/aromatic N) is 1. The van der Waals surface area contributed by atoms with Gasteiger partial charge in [0.2, 0.25) is 5.91 Å². The van der Waals surface area contributed by atoms with E-state index >= 15 is 0 Å². The van der Waals surface area contributed by atoms with Gasteiger partial charge in [-0.1, -0.05) is 15.9 Å². The quantitative estimate of drug-likeness (QED) is 0.563. The van der Waals surface area contributed by atoms with Crippen molar-refractivity contribution in [2.45, 2.75) is 24.6 Å². The SMILES string of the molecule is COC(=O)C1CCN(C(=O)C(C)(C)Br)C1. The average Bonchev–Trinajstić information content (AvgIpc) is 2.62. The maximum absolute atomic E-state index is 11.9. The number of esters is 1. The average molecular weight is 278 g/mol. The van der Waals surface area contributed by atoms with Crippen LogP contribution in [-0.2, 0) is 14.3 Å². The number of rotatable bonds is 2. The minimum absolute atomic E-state index is 0.0221. The molecular formula is C10H16BrNO3. The van der Waals surface area contributed by atoms with E-state index in [4.69, 9.17) is 0 Å². The molecule has 1 aliphatic heterocycles. The van der Waals surface area contributed by atoms with E-state index in [-0.39, 0.29) is 17.8 Å². The molecule has 1 fully saturated rings. The van der Waals surface area contributed by atoms with Crippen LogP contribution in [0.25, 0.3) is 0 Å². The number of likely N-dealkylation sites (tertiary alicyclic amines) is 1. The molecule has 86 valence electrons. The third kappa shape index (κ3) is 2.93. The van der Waals surface area contributed by atoms with Crippen molar-refractivity contribution < 1.29 is 14.3 Å². The molecule has 1 atom stereocenters. The van der Waals surface area contributed by atoms with E-state index in [2.05, 4.69) is 20.7 Å². The Balaban J connectivity index is 2.57. The Bertz CT molecular complexity index is 272. The highest BCUT2D eigenvalue weighted by atomic mass is 79.9. The second-order valence-electron chi connectivity index (χ2n) is 4.23. The van der Waals surface area contributed by atoms with Gasteiger partial charge in [-0.25, -0.2) is 0 Å². The van der Waals surface area contributed by atoms with Gasteiger partial charge in [0, 0.05) is 13.1 Å². The van der Waals surface area contributed by atoms with Crippen molar-refractivity contribution in [1.29, 1.82) is 0 Å². The lowest BCUT2D eigenvalue weighted by Gasteiger charge is -2.24. The van der Waals surface area contributed by atoms with Crippen LogP contribution < -0.4 is 0 Å². The number of amides is 1. The highest BCUT2D eigenvalue weighted by Gasteiger charge is 2.36. The molecule has 0 bridgehead atoms. The Hall–Kier alpha value is -0.580. The van der Waals surface area contributed by atoms with Gasteiger partial charge in [-0.2, -0.15) is 0 Å². The number of carbonyl (C=O) groups is 2. The molecule has 0 aliphatic carbocycles. The van der Waals surface area contributed by atoms with Crippen LogP contribution in [0, 0.1) is 5.92 Å². The molecule has 1 amide bonds. The number of carbonyl (C=O) groups excluding carboxylic acids is 2. The minimum Gasteiger partial charge on any atom is -0.469 e. The topological polar surface area (TPSA) is 46.6 Å². The fourth-order valence-electron chi connectivity index (χ4n) is 1.68. The van der Waals surface area contributed by atoms with Crippen LogP contribution in [0.1, 0.15) is 20.3 Å². The summed E-state index contributed by atoms with van der Waals surface area (Å²) in [5, 5.41) is 0. The predicted molar refractivity (Wildman–Crippen MR) is 59.7 cm³/mol. The third-order valence-corrected chi connectivity index (χ3v) is 2.86. The van der Waals surface area contributed by atoms with Gasteiger partial charge in [-0.15, -0.1) is 0 Å². The van der Waals surface area contributed by atoms with Crippen molar-refractivity contribution >= 4 is 27.8 Å². The zero-order valence-corrected chi connectivity index (χ0v) is 10.8. The largest absolute Gasteiger partial charge is 0.469 e. The molecule has 1 saturated heterocycles. The van der Waals surface area contributed by atoms with Crippen LogP contribution in [0.3, 0.4) is 0 Å². The molecule has 0 aromatic heterocycles. The summed E-state index contributed by atoms with van der Waals surface area (Å²) in [6.45, 7) is 4.72. The maximum Gasteiger partial charge on any atom is 0.310 e. The fourth-order valence-corrected chi connectivity index (χ4v) is 1.93. The summed E-state index contributed by atoms with van der Waals surface area (Å²) in [5.41, 5.74) is 0. The smallest absolute Gasteiger partial charge is 0.310 e. The summed E-state index contributed by atoms with van der Waals surface area (Å²) in [5.74, 6) is -0.361. The number of hydrogen-bond donors (Lipinski definition) is 0. The number of halogens is 1. The molecule has 5 heteroatoms. The number of hydrogen-bond acceptors (Lipinski definition) is 3. The maximum atomic E-state index is 11.9. The van der Waals surface area contributed by atoms with Crippen LogP contribution in [0.2, 0.25) is 0 Å². The second kappa shape index (κ2) is 4.51. The van der Waals surface area contributed by atoms with Gasteiger partial charge in [0.25, 0.3) is 0 Å². The zero-order valence-electron chi connectivity index (χ0n) is 9.25. The first kappa shape index (κ1) is 12.5. The first-order valence-electron chi connectivity index (χ1n) is 4.92. The Labute approximate surface area is 98.1 Å². The van der Waals surface area contributed by atoms with Crippen molar-refractivity contribution in [2.24, 2.45) is 5.92 Å². The second-order valence-corrected chi connectivity index (χ2v) is 6.21. The summed E-state index contributed by atoms with van der Waals surface area (Å²) in [6.07, 6.45) is 0.696. The van der Waals surface area contributed by atoms with Gasteiger partial charge in [-0.3, -0.25) is 9.59 Å². The summed E-state index contributed by atoms with van der Waals surface area (Å²) >= 11 is 3.32. The summed E-state index contributed by atoms with van der Waals surface area (Å²) in [7, 11) is 1.38. The van der Waals surface area contributed by atoms with E-state index in [1.54, 1.807) is 18.7 Å². The molecular weight excluding hydrogens is 262 g/mol. The number of ether oxygens (including phenoxy) is 1. The van der Waals surface area contributed by atoms with E-state index in [1.807, 2.05) is 0 Å². The molecule has 0 saturated carbocycles. The molecule has 1 rings (SSSR count). The third-order valence-electron chi connectivity index (χ3n) is 2.52. The predicted octanol–water partition coefficient (Wildman–Crippen LogP) is 1.18. The summed E-state index contributed by atoms with van der Waals surface area (Å²) in [6, 6.07) is 0. The molecule has 4 nitrogen and oxygen atoms in total. The van der Waals surface area contributed by atoms with Gasteiger partial charge in [0.1, 0.15) is 0 Å². The van der Waals surface area contributed by atoms with Crippen LogP contribution in [0.5, 0.6) is 0 Å². The van der Waals surface area contributed by atoms with Crippen molar-refractivity contribution in [3.05, 3.63) is 0 Å². The Morgan fingerprint density at radius 1 is 1.47 bits per heavy atom. The molecule has 0 aromatic rings. The highest BCUT2D eigenvalue weighted by Crippen LogP contribution is 2.25. The lowest BCUT2D eigenvalue weighted by atomic mass is 10.1. The molecule has 0 N–H and O–H groups in total. The molecule has 1 heterocycles. The Morgan fingerprint density at radius 2 is 2.07 bits per heavy atom. The Kier molecular flexibility index (Phi) is 3.76. The van der Waals surface area contributed by atoms with Crippen molar-refractivity contribution in [3.8, 4) is 0 Å². The van der Waals surface area contributed by atoms with Gasteiger partial charge in [-0.05, 0) is 20.3 Å². The van der Waals surface area contributed by atoms with Crippen LogP contribution in [0.4, 0.5) is 0 Å². The molecule has 0 spiro atoms. The van der Waals surface area contributed by atoms with E-state index in [0.29, 0.717) is 19.5 Å². The highest BCUT2D eigenvalue weighted by molar-refractivity contribution is 9.10. The number of methoxy groups -OCH3 is 1. The van der Waals surface area contributed by atoms with E-state index < -0.39 is 4.32 Å². The summed E-state index contributed by atoms with van der Waals surface area (Å²) in [4.78, 5) is 24.8. The van der Waals surface area contributed by atoms with Crippen LogP contribution in [-0.4, -0.2) is 41.3 Å². The van der Waals surface area contributed by atoms with E-state index in [1.165, 1.54) is 7.11 Å². The lowest BCUT2D eigenvalue weighted by molar-refractivity contribution is -0.145. The fraction of sp³-hybridized carbons (Fsp3) is 0.800. The zero-order chi connectivity index (χ0) is 11.6. The van der Waals surface area contributed by atoms with Gasteiger partial charge in [0.15, 0.2) is 0 Å². The van der Waals surface area contributed by atoms with Crippen molar-refractivity contribution in [2.75, 3.05) is 20.2 Å². The van der Waals surface area contributed by atoms with Crippen molar-refractivity contribution in [3.63, 3.8) is 0 Å². The number of alkyl halides is 1. The minimum atomic E-state index is -0.558. The first-order chi connectivity index (χ1) is 6.86. The normalized spacial score (nSPS) is 21.6. The Morgan fingerprint density at radius 3 is 2.53 bits per heavy atom. The van der Waals surface area contributed by atoms with Gasteiger partial charge < -0.3 is 9.64 Å². The van der Waals surface area contributed by atoms with E-state index in [0.717, 1.165) is 0 Å². The molecule has 0 radical (unpaired) electrons. The molecule has 0 aromatic carbocycles. The van der Waals surface area contributed by atoms with Crippen LogP contribution >= 0.6 is 15.9 Å². The van der Waals surface area contributed by atoms with Crippen LogP contribution in [0.15, 0.2) is 0 Å². The van der Waals surface area contributed by atoms with Gasteiger partial charge >= 0.3 is 5.97 Å². The molecule has 1 unspecified atom stereocenters. The lowest BCUT2D eigenvalue weighted by Crippen LogP contribution is -2.40.